The molecule has 0 unspecified atom stereocenters. The van der Waals surface area contributed by atoms with E-state index < -0.39 is 29.6 Å². The average molecular weight is 414 g/mol. The number of anilines is 1. The van der Waals surface area contributed by atoms with Gasteiger partial charge >= 0.3 is 5.97 Å². The van der Waals surface area contributed by atoms with Crippen molar-refractivity contribution in [1.29, 1.82) is 0 Å². The Bertz CT molecular complexity index is 1040. The summed E-state index contributed by atoms with van der Waals surface area (Å²) in [5, 5.41) is 0. The number of carbonyl (C=O) groups excluding carboxylic acids is 4. The minimum Gasteiger partial charge on any atom is -0.454 e. The highest BCUT2D eigenvalue weighted by Gasteiger charge is 2.38. The SMILES string of the molecule is CC(=O)c1c(C)[nH]c(C(=O)[C@@H](C)OC(=O)[C@H]2CC(=O)N(c3ccccc3F)C2)c1C. The molecule has 1 aliphatic rings. The van der Waals surface area contributed by atoms with Gasteiger partial charge in [0.25, 0.3) is 0 Å². The van der Waals surface area contributed by atoms with Crippen molar-refractivity contribution < 1.29 is 28.3 Å². The molecule has 1 N–H and O–H groups in total. The number of Topliss-reactive ketones (excluding diaryl/α,β-unsaturated/α-hetero) is 2. The lowest BCUT2D eigenvalue weighted by molar-refractivity contribution is -0.151. The Labute approximate surface area is 173 Å². The summed E-state index contributed by atoms with van der Waals surface area (Å²) < 4.78 is 19.3. The van der Waals surface area contributed by atoms with E-state index in [1.54, 1.807) is 19.9 Å². The number of esters is 1. The normalized spacial score (nSPS) is 17.2. The number of para-hydroxylation sites is 1. The quantitative estimate of drug-likeness (QED) is 0.579. The molecule has 2 heterocycles. The van der Waals surface area contributed by atoms with Crippen LogP contribution in [0.15, 0.2) is 24.3 Å². The summed E-state index contributed by atoms with van der Waals surface area (Å²) in [6.45, 7) is 6.19. The van der Waals surface area contributed by atoms with Gasteiger partial charge in [-0.2, -0.15) is 0 Å². The third-order valence-corrected chi connectivity index (χ3v) is 5.30. The highest BCUT2D eigenvalue weighted by molar-refractivity contribution is 6.05. The monoisotopic (exact) mass is 414 g/mol. The summed E-state index contributed by atoms with van der Waals surface area (Å²) in [6, 6.07) is 5.83. The number of hydrogen-bond acceptors (Lipinski definition) is 5. The molecule has 2 atom stereocenters. The number of ketones is 2. The van der Waals surface area contributed by atoms with Crippen LogP contribution >= 0.6 is 0 Å². The summed E-state index contributed by atoms with van der Waals surface area (Å²) in [5.74, 6) is -3.07. The molecule has 1 amide bonds. The van der Waals surface area contributed by atoms with E-state index >= 15 is 0 Å². The first-order chi connectivity index (χ1) is 14.1. The van der Waals surface area contributed by atoms with Crippen LogP contribution in [0.5, 0.6) is 0 Å². The lowest BCUT2D eigenvalue weighted by Gasteiger charge is -2.18. The third kappa shape index (κ3) is 3.90. The number of aromatic amines is 1. The third-order valence-electron chi connectivity index (χ3n) is 5.30. The van der Waals surface area contributed by atoms with E-state index in [0.717, 1.165) is 0 Å². The Hall–Kier alpha value is -3.29. The lowest BCUT2D eigenvalue weighted by Crippen LogP contribution is -2.31. The van der Waals surface area contributed by atoms with Crippen LogP contribution in [-0.4, -0.2) is 41.1 Å². The number of nitrogens with zero attached hydrogens (tertiary/aromatic N) is 1. The maximum absolute atomic E-state index is 14.0. The molecule has 7 nitrogen and oxygen atoms in total. The van der Waals surface area contributed by atoms with E-state index in [1.807, 2.05) is 0 Å². The number of halogens is 1. The topological polar surface area (TPSA) is 96.5 Å². The first-order valence-corrected chi connectivity index (χ1v) is 9.61. The molecule has 158 valence electrons. The fraction of sp³-hybridized carbons (Fsp3) is 0.364. The molecule has 1 aromatic heterocycles. The highest BCUT2D eigenvalue weighted by atomic mass is 19.1. The van der Waals surface area contributed by atoms with Crippen molar-refractivity contribution in [3.63, 3.8) is 0 Å². The molecule has 1 aromatic carbocycles. The molecule has 3 rings (SSSR count). The molecule has 2 aromatic rings. The maximum Gasteiger partial charge on any atom is 0.312 e. The van der Waals surface area contributed by atoms with Gasteiger partial charge in [0.2, 0.25) is 11.7 Å². The summed E-state index contributed by atoms with van der Waals surface area (Å²) in [5.41, 5.74) is 1.85. The fourth-order valence-corrected chi connectivity index (χ4v) is 3.82. The number of aryl methyl sites for hydroxylation is 1. The van der Waals surface area contributed by atoms with Crippen LogP contribution in [0.3, 0.4) is 0 Å². The first-order valence-electron chi connectivity index (χ1n) is 9.61. The molecule has 1 aliphatic heterocycles. The highest BCUT2D eigenvalue weighted by Crippen LogP contribution is 2.28. The van der Waals surface area contributed by atoms with Gasteiger partial charge in [0.15, 0.2) is 11.9 Å². The first kappa shape index (κ1) is 21.4. The fourth-order valence-electron chi connectivity index (χ4n) is 3.82. The van der Waals surface area contributed by atoms with Crippen LogP contribution in [0.4, 0.5) is 10.1 Å². The van der Waals surface area contributed by atoms with Crippen LogP contribution in [0.25, 0.3) is 0 Å². The number of carbonyl (C=O) groups is 4. The predicted molar refractivity (Wildman–Crippen MR) is 107 cm³/mol. The van der Waals surface area contributed by atoms with E-state index in [2.05, 4.69) is 4.98 Å². The summed E-state index contributed by atoms with van der Waals surface area (Å²) >= 11 is 0. The second-order valence-corrected chi connectivity index (χ2v) is 7.48. The van der Waals surface area contributed by atoms with Crippen molar-refractivity contribution in [3.05, 3.63) is 52.6 Å². The summed E-state index contributed by atoms with van der Waals surface area (Å²) in [4.78, 5) is 53.5. The molecule has 1 fully saturated rings. The minimum atomic E-state index is -1.10. The molecule has 8 heteroatoms. The van der Waals surface area contributed by atoms with Crippen LogP contribution in [0.1, 0.15) is 52.4 Å². The number of rotatable bonds is 6. The van der Waals surface area contributed by atoms with Gasteiger partial charge in [-0.3, -0.25) is 19.2 Å². The second kappa shape index (κ2) is 8.22. The molecule has 0 radical (unpaired) electrons. The van der Waals surface area contributed by atoms with E-state index in [4.69, 9.17) is 4.74 Å². The van der Waals surface area contributed by atoms with Gasteiger partial charge in [-0.25, -0.2) is 4.39 Å². The van der Waals surface area contributed by atoms with Gasteiger partial charge in [-0.05, 0) is 45.4 Å². The van der Waals surface area contributed by atoms with Crippen LogP contribution < -0.4 is 4.90 Å². The summed E-state index contributed by atoms with van der Waals surface area (Å²) in [6.07, 6.45) is -1.23. The predicted octanol–water partition coefficient (Wildman–Crippen LogP) is 3.14. The molecule has 0 bridgehead atoms. The number of H-pyrrole nitrogens is 1. The zero-order chi connectivity index (χ0) is 22.2. The minimum absolute atomic E-state index is 0.0192. The van der Waals surface area contributed by atoms with E-state index in [0.29, 0.717) is 16.8 Å². The van der Waals surface area contributed by atoms with Gasteiger partial charge < -0.3 is 14.6 Å². The maximum atomic E-state index is 14.0. The number of amides is 1. The molecule has 0 spiro atoms. The zero-order valence-electron chi connectivity index (χ0n) is 17.2. The molecule has 30 heavy (non-hydrogen) atoms. The number of nitrogens with one attached hydrogen (secondary N) is 1. The standard InChI is InChI=1S/C22H23FN2O5/c1-11-19(13(3)26)12(2)24-20(11)21(28)14(4)30-22(29)15-9-18(27)25(10-15)17-8-6-5-7-16(17)23/h5-8,14-15,24H,9-10H2,1-4H3/t14-,15+/m1/s1. The average Bonchev–Trinajstić information content (AvgIpc) is 3.20. The Morgan fingerprint density at radius 1 is 1.23 bits per heavy atom. The van der Waals surface area contributed by atoms with Crippen molar-refractivity contribution in [2.75, 3.05) is 11.4 Å². The summed E-state index contributed by atoms with van der Waals surface area (Å²) in [7, 11) is 0. The van der Waals surface area contributed by atoms with Gasteiger partial charge in [-0.1, -0.05) is 12.1 Å². The van der Waals surface area contributed by atoms with Crippen LogP contribution in [0.2, 0.25) is 0 Å². The van der Waals surface area contributed by atoms with Crippen LogP contribution in [0, 0.1) is 25.6 Å². The molecular weight excluding hydrogens is 391 g/mol. The van der Waals surface area contributed by atoms with Gasteiger partial charge in [0.05, 0.1) is 17.3 Å². The van der Waals surface area contributed by atoms with E-state index in [-0.39, 0.29) is 36.0 Å². The Morgan fingerprint density at radius 2 is 1.90 bits per heavy atom. The van der Waals surface area contributed by atoms with Crippen molar-refractivity contribution in [2.24, 2.45) is 5.92 Å². The smallest absolute Gasteiger partial charge is 0.312 e. The largest absolute Gasteiger partial charge is 0.454 e. The Kier molecular flexibility index (Phi) is 5.87. The van der Waals surface area contributed by atoms with Crippen molar-refractivity contribution in [3.8, 4) is 0 Å². The molecule has 0 aliphatic carbocycles. The Morgan fingerprint density at radius 3 is 2.50 bits per heavy atom. The van der Waals surface area contributed by atoms with Crippen molar-refractivity contribution >= 4 is 29.1 Å². The molecular formula is C22H23FN2O5. The number of benzene rings is 1. The Balaban J connectivity index is 1.70. The van der Waals surface area contributed by atoms with Crippen molar-refractivity contribution in [1.82, 2.24) is 4.98 Å². The van der Waals surface area contributed by atoms with Gasteiger partial charge in [-0.15, -0.1) is 0 Å². The molecule has 1 saturated heterocycles. The van der Waals surface area contributed by atoms with E-state index in [1.165, 1.54) is 36.9 Å². The van der Waals surface area contributed by atoms with E-state index in [9.17, 15) is 23.6 Å². The second-order valence-electron chi connectivity index (χ2n) is 7.48. The van der Waals surface area contributed by atoms with Gasteiger partial charge in [0, 0.05) is 24.2 Å². The number of hydrogen-bond donors (Lipinski definition) is 1. The van der Waals surface area contributed by atoms with Gasteiger partial charge in [0.1, 0.15) is 5.82 Å². The lowest BCUT2D eigenvalue weighted by atomic mass is 10.0. The zero-order valence-corrected chi connectivity index (χ0v) is 17.2. The molecule has 0 saturated carbocycles. The number of aromatic nitrogens is 1. The number of ether oxygens (including phenoxy) is 1. The van der Waals surface area contributed by atoms with Crippen molar-refractivity contribution in [2.45, 2.75) is 40.2 Å². The van der Waals surface area contributed by atoms with Crippen LogP contribution in [-0.2, 0) is 14.3 Å².